The number of alkyl halides is 3. The SMILES string of the molecule is CCCCCCCCCCCC[C@]1(Cl)C(=O)N(CCC)C[C@H]1C(Cl)Cl. The van der Waals surface area contributed by atoms with Gasteiger partial charge in [0.25, 0.3) is 0 Å². The summed E-state index contributed by atoms with van der Waals surface area (Å²) in [6.45, 7) is 5.65. The van der Waals surface area contributed by atoms with Crippen LogP contribution in [0, 0.1) is 5.92 Å². The van der Waals surface area contributed by atoms with Gasteiger partial charge in [-0.2, -0.15) is 0 Å². The van der Waals surface area contributed by atoms with Gasteiger partial charge < -0.3 is 4.90 Å². The van der Waals surface area contributed by atoms with E-state index in [0.29, 0.717) is 13.0 Å². The lowest BCUT2D eigenvalue weighted by Gasteiger charge is -2.26. The number of carbonyl (C=O) groups excluding carboxylic acids is 1. The lowest BCUT2D eigenvalue weighted by Crippen LogP contribution is -2.40. The molecule has 1 saturated heterocycles. The lowest BCUT2D eigenvalue weighted by molar-refractivity contribution is -0.130. The van der Waals surface area contributed by atoms with Crippen LogP contribution >= 0.6 is 34.8 Å². The van der Waals surface area contributed by atoms with E-state index in [4.69, 9.17) is 34.8 Å². The van der Waals surface area contributed by atoms with Crippen LogP contribution in [0.4, 0.5) is 0 Å². The second-order valence-electron chi connectivity index (χ2n) is 7.49. The number of unbranched alkanes of at least 4 members (excludes halogenated alkanes) is 9. The van der Waals surface area contributed by atoms with Gasteiger partial charge in [-0.1, -0.05) is 78.1 Å². The number of hydrogen-bond donors (Lipinski definition) is 0. The summed E-state index contributed by atoms with van der Waals surface area (Å²) in [4.78, 5) is 13.0. The van der Waals surface area contributed by atoms with Crippen molar-refractivity contribution in [2.24, 2.45) is 5.92 Å². The second-order valence-corrected chi connectivity index (χ2v) is 9.32. The molecule has 0 spiro atoms. The lowest BCUT2D eigenvalue weighted by atomic mass is 9.90. The van der Waals surface area contributed by atoms with Crippen LogP contribution in [0.5, 0.6) is 0 Å². The first-order chi connectivity index (χ1) is 12.0. The number of halogens is 3. The number of nitrogens with zero attached hydrogens (tertiary/aromatic N) is 1. The molecule has 0 aromatic carbocycles. The Labute approximate surface area is 169 Å². The molecule has 0 aromatic rings. The van der Waals surface area contributed by atoms with Crippen LogP contribution in [-0.2, 0) is 4.79 Å². The predicted molar refractivity (Wildman–Crippen MR) is 111 cm³/mol. The zero-order chi connectivity index (χ0) is 18.7. The van der Waals surface area contributed by atoms with Crippen LogP contribution in [0.3, 0.4) is 0 Å². The molecule has 25 heavy (non-hydrogen) atoms. The van der Waals surface area contributed by atoms with E-state index in [9.17, 15) is 4.79 Å². The minimum atomic E-state index is -0.899. The zero-order valence-electron chi connectivity index (χ0n) is 16.0. The quantitative estimate of drug-likeness (QED) is 0.223. The van der Waals surface area contributed by atoms with Gasteiger partial charge in [-0.25, -0.2) is 0 Å². The molecule has 148 valence electrons. The fourth-order valence-corrected chi connectivity index (χ4v) is 4.96. The van der Waals surface area contributed by atoms with E-state index in [2.05, 4.69) is 13.8 Å². The number of rotatable bonds is 14. The van der Waals surface area contributed by atoms with Gasteiger partial charge in [-0.05, 0) is 12.8 Å². The topological polar surface area (TPSA) is 20.3 Å². The third kappa shape index (κ3) is 7.46. The second kappa shape index (κ2) is 12.7. The summed E-state index contributed by atoms with van der Waals surface area (Å²) in [6.07, 6.45) is 14.3. The van der Waals surface area contributed by atoms with E-state index in [1.54, 1.807) is 0 Å². The molecule has 1 aliphatic rings. The maximum absolute atomic E-state index is 12.7. The van der Waals surface area contributed by atoms with Crippen molar-refractivity contribution in [1.82, 2.24) is 4.90 Å². The Bertz CT molecular complexity index is 378. The molecule has 0 bridgehead atoms. The van der Waals surface area contributed by atoms with E-state index < -0.39 is 9.71 Å². The third-order valence-corrected chi connectivity index (χ3v) is 6.58. The average Bonchev–Trinajstić information content (AvgIpc) is 2.82. The summed E-state index contributed by atoms with van der Waals surface area (Å²) in [5.41, 5.74) is 0. The molecule has 2 atom stereocenters. The van der Waals surface area contributed by atoms with Gasteiger partial charge in [-0.15, -0.1) is 34.8 Å². The Kier molecular flexibility index (Phi) is 11.9. The smallest absolute Gasteiger partial charge is 0.244 e. The molecule has 0 N–H and O–H groups in total. The van der Waals surface area contributed by atoms with Crippen molar-refractivity contribution in [3.05, 3.63) is 0 Å². The fourth-order valence-electron chi connectivity index (χ4n) is 3.79. The van der Waals surface area contributed by atoms with Crippen molar-refractivity contribution >= 4 is 40.7 Å². The van der Waals surface area contributed by atoms with E-state index >= 15 is 0 Å². The van der Waals surface area contributed by atoms with Gasteiger partial charge in [0.2, 0.25) is 5.91 Å². The van der Waals surface area contributed by atoms with Crippen molar-refractivity contribution < 1.29 is 4.79 Å². The minimum Gasteiger partial charge on any atom is -0.341 e. The maximum atomic E-state index is 12.7. The van der Waals surface area contributed by atoms with Crippen molar-refractivity contribution in [2.75, 3.05) is 13.1 Å². The number of carbonyl (C=O) groups is 1. The Hall–Kier alpha value is 0.340. The normalized spacial score (nSPS) is 23.8. The Morgan fingerprint density at radius 1 is 0.960 bits per heavy atom. The molecule has 1 fully saturated rings. The first-order valence-electron chi connectivity index (χ1n) is 10.2. The van der Waals surface area contributed by atoms with Crippen LogP contribution in [0.25, 0.3) is 0 Å². The number of likely N-dealkylation sites (tertiary alicyclic amines) is 1. The van der Waals surface area contributed by atoms with Crippen LogP contribution in [-0.4, -0.2) is 33.6 Å². The molecular weight excluding hydrogens is 377 g/mol. The van der Waals surface area contributed by atoms with E-state index in [0.717, 1.165) is 25.8 Å². The Balaban J connectivity index is 2.28. The van der Waals surface area contributed by atoms with Gasteiger partial charge in [0, 0.05) is 19.0 Å². The molecule has 2 nitrogen and oxygen atoms in total. The first kappa shape index (κ1) is 23.4. The van der Waals surface area contributed by atoms with Crippen LogP contribution in [0.1, 0.15) is 90.9 Å². The highest BCUT2D eigenvalue weighted by Gasteiger charge is 2.54. The first-order valence-corrected chi connectivity index (χ1v) is 11.5. The van der Waals surface area contributed by atoms with E-state index in [1.165, 1.54) is 51.4 Å². The summed E-state index contributed by atoms with van der Waals surface area (Å²) >= 11 is 19.0. The highest BCUT2D eigenvalue weighted by atomic mass is 35.5. The standard InChI is InChI=1S/C20H36Cl3NO/c1-3-5-6-7-8-9-10-11-12-13-14-20(23)17(18(21)22)16-24(15-4-2)19(20)25/h17-18H,3-16H2,1-2H3/t17-,20+/m0/s1. The van der Waals surface area contributed by atoms with Crippen LogP contribution < -0.4 is 0 Å². The summed E-state index contributed by atoms with van der Waals surface area (Å²) in [7, 11) is 0. The molecular formula is C20H36Cl3NO. The highest BCUT2D eigenvalue weighted by molar-refractivity contribution is 6.46. The van der Waals surface area contributed by atoms with E-state index in [1.807, 2.05) is 4.90 Å². The Morgan fingerprint density at radius 3 is 1.96 bits per heavy atom. The largest absolute Gasteiger partial charge is 0.341 e. The fraction of sp³-hybridized carbons (Fsp3) is 0.950. The zero-order valence-corrected chi connectivity index (χ0v) is 18.3. The van der Waals surface area contributed by atoms with Crippen molar-refractivity contribution in [3.8, 4) is 0 Å². The van der Waals surface area contributed by atoms with Crippen LogP contribution in [0.15, 0.2) is 0 Å². The molecule has 0 aliphatic carbocycles. The molecule has 1 heterocycles. The van der Waals surface area contributed by atoms with Gasteiger partial charge in [0.1, 0.15) is 9.71 Å². The van der Waals surface area contributed by atoms with Gasteiger partial charge >= 0.3 is 0 Å². The highest BCUT2D eigenvalue weighted by Crippen LogP contribution is 2.43. The molecule has 0 aromatic heterocycles. The molecule has 0 saturated carbocycles. The van der Waals surface area contributed by atoms with Crippen molar-refractivity contribution in [2.45, 2.75) is 101 Å². The molecule has 5 heteroatoms. The third-order valence-electron chi connectivity index (χ3n) is 5.34. The minimum absolute atomic E-state index is 0.0308. The van der Waals surface area contributed by atoms with Crippen LogP contribution in [0.2, 0.25) is 0 Å². The predicted octanol–water partition coefficient (Wildman–Crippen LogP) is 6.95. The van der Waals surface area contributed by atoms with Gasteiger partial charge in [-0.3, -0.25) is 4.79 Å². The summed E-state index contributed by atoms with van der Waals surface area (Å²) in [6, 6.07) is 0. The molecule has 1 rings (SSSR count). The summed E-state index contributed by atoms with van der Waals surface area (Å²) in [5, 5.41) is 0. The maximum Gasteiger partial charge on any atom is 0.244 e. The van der Waals surface area contributed by atoms with Gasteiger partial charge in [0.15, 0.2) is 0 Å². The number of hydrogen-bond acceptors (Lipinski definition) is 1. The molecule has 1 aliphatic heterocycles. The molecule has 1 amide bonds. The average molecular weight is 413 g/mol. The van der Waals surface area contributed by atoms with Crippen molar-refractivity contribution in [1.29, 1.82) is 0 Å². The molecule has 0 radical (unpaired) electrons. The molecule has 0 unspecified atom stereocenters. The monoisotopic (exact) mass is 411 g/mol. The number of amides is 1. The van der Waals surface area contributed by atoms with E-state index in [-0.39, 0.29) is 11.8 Å². The summed E-state index contributed by atoms with van der Waals surface area (Å²) < 4.78 is 0. The van der Waals surface area contributed by atoms with Gasteiger partial charge in [0.05, 0.1) is 0 Å². The summed E-state index contributed by atoms with van der Waals surface area (Å²) in [5.74, 6) is -0.140. The van der Waals surface area contributed by atoms with Crippen molar-refractivity contribution in [3.63, 3.8) is 0 Å². The Morgan fingerprint density at radius 2 is 1.48 bits per heavy atom.